The molecule has 2 heteroatoms. The summed E-state index contributed by atoms with van der Waals surface area (Å²) in [6.07, 6.45) is 2.92. The van der Waals surface area contributed by atoms with E-state index in [1.807, 2.05) is 0 Å². The predicted octanol–water partition coefficient (Wildman–Crippen LogP) is 3.06. The number of aryl methyl sites for hydroxylation is 1. The molecule has 0 fully saturated rings. The molecule has 88 valence electrons. The van der Waals surface area contributed by atoms with Crippen LogP contribution in [-0.2, 0) is 6.54 Å². The van der Waals surface area contributed by atoms with Crippen LogP contribution in [0.1, 0.15) is 24.5 Å². The molecule has 1 aromatic rings. The highest BCUT2D eigenvalue weighted by Crippen LogP contribution is 2.23. The van der Waals surface area contributed by atoms with Crippen molar-refractivity contribution in [2.45, 2.75) is 26.8 Å². The van der Waals surface area contributed by atoms with E-state index >= 15 is 0 Å². The molecule has 0 saturated heterocycles. The van der Waals surface area contributed by atoms with Crippen LogP contribution in [0.5, 0.6) is 5.75 Å². The summed E-state index contributed by atoms with van der Waals surface area (Å²) in [5, 5.41) is 3.39. The fraction of sp³-hybridized carbons (Fsp3) is 0.429. The number of rotatable bonds is 7. The minimum atomic E-state index is 0.561. The zero-order chi connectivity index (χ0) is 11.8. The van der Waals surface area contributed by atoms with Gasteiger partial charge >= 0.3 is 0 Å². The standard InChI is InChI=1S/C14H21NO/c1-4-9-15-11-13-8-6-7-12(3)14(13)16-10-5-2/h5-8,15H,2,4,9-11H2,1,3H3. The van der Waals surface area contributed by atoms with Crippen LogP contribution >= 0.6 is 0 Å². The van der Waals surface area contributed by atoms with Crippen LogP contribution in [0, 0.1) is 6.92 Å². The van der Waals surface area contributed by atoms with Crippen molar-refractivity contribution in [3.63, 3.8) is 0 Å². The Hall–Kier alpha value is -1.28. The van der Waals surface area contributed by atoms with Gasteiger partial charge in [-0.1, -0.05) is 37.8 Å². The largest absolute Gasteiger partial charge is 0.489 e. The maximum atomic E-state index is 5.69. The number of benzene rings is 1. The first kappa shape index (κ1) is 12.8. The van der Waals surface area contributed by atoms with Gasteiger partial charge in [0.25, 0.3) is 0 Å². The van der Waals surface area contributed by atoms with Gasteiger partial charge in [-0.3, -0.25) is 0 Å². The summed E-state index contributed by atoms with van der Waals surface area (Å²) in [4.78, 5) is 0. The van der Waals surface area contributed by atoms with Gasteiger partial charge in [-0.15, -0.1) is 0 Å². The normalized spacial score (nSPS) is 10.1. The number of para-hydroxylation sites is 1. The highest BCUT2D eigenvalue weighted by Gasteiger charge is 2.05. The Labute approximate surface area is 98.3 Å². The van der Waals surface area contributed by atoms with Crippen molar-refractivity contribution in [2.75, 3.05) is 13.2 Å². The summed E-state index contributed by atoms with van der Waals surface area (Å²) in [6, 6.07) is 6.24. The van der Waals surface area contributed by atoms with E-state index in [1.54, 1.807) is 6.08 Å². The van der Waals surface area contributed by atoms with Crippen molar-refractivity contribution in [1.82, 2.24) is 5.32 Å². The molecule has 2 nitrogen and oxygen atoms in total. The Bertz CT molecular complexity index is 334. The van der Waals surface area contributed by atoms with Crippen molar-refractivity contribution in [3.05, 3.63) is 42.0 Å². The molecule has 0 aliphatic rings. The summed E-state index contributed by atoms with van der Waals surface area (Å²) < 4.78 is 5.69. The summed E-state index contributed by atoms with van der Waals surface area (Å²) in [6.45, 7) is 10.4. The van der Waals surface area contributed by atoms with Crippen molar-refractivity contribution in [1.29, 1.82) is 0 Å². The van der Waals surface area contributed by atoms with E-state index in [1.165, 1.54) is 11.1 Å². The first-order valence-corrected chi connectivity index (χ1v) is 5.82. The lowest BCUT2D eigenvalue weighted by Crippen LogP contribution is -2.15. The molecule has 0 heterocycles. The average Bonchev–Trinajstić information content (AvgIpc) is 2.28. The van der Waals surface area contributed by atoms with Gasteiger partial charge in [0.1, 0.15) is 12.4 Å². The van der Waals surface area contributed by atoms with E-state index in [4.69, 9.17) is 4.74 Å². The molecular weight excluding hydrogens is 198 g/mol. The predicted molar refractivity (Wildman–Crippen MR) is 68.9 cm³/mol. The minimum absolute atomic E-state index is 0.561. The maximum absolute atomic E-state index is 5.69. The molecule has 0 aromatic heterocycles. The van der Waals surface area contributed by atoms with Crippen LogP contribution in [0.15, 0.2) is 30.9 Å². The number of hydrogen-bond acceptors (Lipinski definition) is 2. The van der Waals surface area contributed by atoms with Crippen LogP contribution in [0.25, 0.3) is 0 Å². The third-order valence-electron chi connectivity index (χ3n) is 2.38. The van der Waals surface area contributed by atoms with Crippen LogP contribution in [0.2, 0.25) is 0 Å². The Morgan fingerprint density at radius 2 is 2.25 bits per heavy atom. The Morgan fingerprint density at radius 3 is 2.94 bits per heavy atom. The van der Waals surface area contributed by atoms with Gasteiger partial charge in [0, 0.05) is 12.1 Å². The molecule has 0 aliphatic carbocycles. The van der Waals surface area contributed by atoms with Gasteiger partial charge in [-0.2, -0.15) is 0 Å². The van der Waals surface area contributed by atoms with Crippen molar-refractivity contribution < 1.29 is 4.74 Å². The summed E-state index contributed by atoms with van der Waals surface area (Å²) in [5.74, 6) is 0.992. The molecule has 0 saturated carbocycles. The summed E-state index contributed by atoms with van der Waals surface area (Å²) >= 11 is 0. The highest BCUT2D eigenvalue weighted by atomic mass is 16.5. The van der Waals surface area contributed by atoms with Gasteiger partial charge in [0.15, 0.2) is 0 Å². The second kappa shape index (κ2) is 7.07. The summed E-state index contributed by atoms with van der Waals surface area (Å²) in [7, 11) is 0. The Morgan fingerprint density at radius 1 is 1.44 bits per heavy atom. The fourth-order valence-electron chi connectivity index (χ4n) is 1.60. The molecule has 16 heavy (non-hydrogen) atoms. The first-order chi connectivity index (χ1) is 7.79. The molecule has 0 bridgehead atoms. The third kappa shape index (κ3) is 3.70. The maximum Gasteiger partial charge on any atom is 0.127 e. The van der Waals surface area contributed by atoms with E-state index in [0.29, 0.717) is 6.61 Å². The van der Waals surface area contributed by atoms with E-state index in [9.17, 15) is 0 Å². The van der Waals surface area contributed by atoms with Crippen LogP contribution in [-0.4, -0.2) is 13.2 Å². The minimum Gasteiger partial charge on any atom is -0.489 e. The lowest BCUT2D eigenvalue weighted by Gasteiger charge is -2.13. The number of hydrogen-bond donors (Lipinski definition) is 1. The fourth-order valence-corrected chi connectivity index (χ4v) is 1.60. The number of ether oxygens (including phenoxy) is 1. The molecule has 1 N–H and O–H groups in total. The average molecular weight is 219 g/mol. The molecule has 1 rings (SSSR count). The van der Waals surface area contributed by atoms with Crippen molar-refractivity contribution >= 4 is 0 Å². The zero-order valence-electron chi connectivity index (χ0n) is 10.3. The van der Waals surface area contributed by atoms with Crippen molar-refractivity contribution in [2.24, 2.45) is 0 Å². The molecule has 0 atom stereocenters. The monoisotopic (exact) mass is 219 g/mol. The lowest BCUT2D eigenvalue weighted by atomic mass is 10.1. The van der Waals surface area contributed by atoms with Gasteiger partial charge < -0.3 is 10.1 Å². The van der Waals surface area contributed by atoms with Crippen LogP contribution < -0.4 is 10.1 Å². The highest BCUT2D eigenvalue weighted by molar-refractivity contribution is 5.40. The van der Waals surface area contributed by atoms with Gasteiger partial charge in [0.2, 0.25) is 0 Å². The van der Waals surface area contributed by atoms with E-state index in [-0.39, 0.29) is 0 Å². The van der Waals surface area contributed by atoms with E-state index in [2.05, 4.69) is 43.9 Å². The van der Waals surface area contributed by atoms with Crippen LogP contribution in [0.3, 0.4) is 0 Å². The summed E-state index contributed by atoms with van der Waals surface area (Å²) in [5.41, 5.74) is 2.40. The molecule has 0 spiro atoms. The topological polar surface area (TPSA) is 21.3 Å². The lowest BCUT2D eigenvalue weighted by molar-refractivity contribution is 0.355. The smallest absolute Gasteiger partial charge is 0.127 e. The molecule has 0 unspecified atom stereocenters. The van der Waals surface area contributed by atoms with Crippen molar-refractivity contribution in [3.8, 4) is 5.75 Å². The quantitative estimate of drug-likeness (QED) is 0.562. The Kier molecular flexibility index (Phi) is 5.65. The SMILES string of the molecule is C=CCOc1c(C)cccc1CNCCC. The van der Waals surface area contributed by atoms with E-state index < -0.39 is 0 Å². The Balaban J connectivity index is 2.72. The van der Waals surface area contributed by atoms with Gasteiger partial charge in [0.05, 0.1) is 0 Å². The molecule has 0 amide bonds. The molecule has 1 aromatic carbocycles. The number of nitrogens with one attached hydrogen (secondary N) is 1. The van der Waals surface area contributed by atoms with E-state index in [0.717, 1.165) is 25.3 Å². The zero-order valence-corrected chi connectivity index (χ0v) is 10.3. The van der Waals surface area contributed by atoms with Gasteiger partial charge in [-0.05, 0) is 25.5 Å². The molecule has 0 aliphatic heterocycles. The second-order valence-electron chi connectivity index (χ2n) is 3.84. The third-order valence-corrected chi connectivity index (χ3v) is 2.38. The molecular formula is C14H21NO. The first-order valence-electron chi connectivity index (χ1n) is 5.82. The van der Waals surface area contributed by atoms with Crippen LogP contribution in [0.4, 0.5) is 0 Å². The van der Waals surface area contributed by atoms with Gasteiger partial charge in [-0.25, -0.2) is 0 Å². The molecule has 0 radical (unpaired) electrons. The second-order valence-corrected chi connectivity index (χ2v) is 3.84.